The summed E-state index contributed by atoms with van der Waals surface area (Å²) >= 11 is 0. The second-order valence-electron chi connectivity index (χ2n) is 6.25. The molecule has 20 heavy (non-hydrogen) atoms. The van der Waals surface area contributed by atoms with Gasteiger partial charge in [-0.15, -0.1) is 0 Å². The van der Waals surface area contributed by atoms with Crippen molar-refractivity contribution < 1.29 is 8.42 Å². The summed E-state index contributed by atoms with van der Waals surface area (Å²) in [5, 5.41) is 0. The van der Waals surface area contributed by atoms with Crippen LogP contribution in [0.3, 0.4) is 0 Å². The smallest absolute Gasteiger partial charge is 0.243 e. The van der Waals surface area contributed by atoms with Gasteiger partial charge in [0.05, 0.1) is 4.90 Å². The SMILES string of the molecule is CCc1ccc(CN)cc1S(=O)(=O)N1CCC(C)(C)C1. The van der Waals surface area contributed by atoms with Crippen molar-refractivity contribution in [1.82, 2.24) is 4.31 Å². The highest BCUT2D eigenvalue weighted by atomic mass is 32.2. The van der Waals surface area contributed by atoms with Crippen molar-refractivity contribution in [1.29, 1.82) is 0 Å². The van der Waals surface area contributed by atoms with Crippen molar-refractivity contribution in [2.75, 3.05) is 13.1 Å². The molecule has 2 rings (SSSR count). The minimum absolute atomic E-state index is 0.0604. The number of hydrogen-bond donors (Lipinski definition) is 1. The van der Waals surface area contributed by atoms with Gasteiger partial charge in [-0.1, -0.05) is 32.9 Å². The number of benzene rings is 1. The summed E-state index contributed by atoms with van der Waals surface area (Å²) in [4.78, 5) is 0.431. The second-order valence-corrected chi connectivity index (χ2v) is 8.16. The van der Waals surface area contributed by atoms with Gasteiger partial charge in [-0.2, -0.15) is 4.31 Å². The molecular formula is C15H24N2O2S. The van der Waals surface area contributed by atoms with Crippen LogP contribution in [-0.4, -0.2) is 25.8 Å². The Labute approximate surface area is 122 Å². The molecular weight excluding hydrogens is 272 g/mol. The Morgan fingerprint density at radius 2 is 2.05 bits per heavy atom. The summed E-state index contributed by atoms with van der Waals surface area (Å²) in [7, 11) is -3.41. The molecule has 0 radical (unpaired) electrons. The maximum Gasteiger partial charge on any atom is 0.243 e. The molecule has 1 aromatic carbocycles. The lowest BCUT2D eigenvalue weighted by molar-refractivity contribution is 0.375. The van der Waals surface area contributed by atoms with Gasteiger partial charge in [0.15, 0.2) is 0 Å². The van der Waals surface area contributed by atoms with Crippen LogP contribution in [-0.2, 0) is 23.0 Å². The van der Waals surface area contributed by atoms with Gasteiger partial charge in [-0.05, 0) is 35.4 Å². The highest BCUT2D eigenvalue weighted by Crippen LogP contribution is 2.33. The minimum atomic E-state index is -3.41. The van der Waals surface area contributed by atoms with Crippen LogP contribution in [0.1, 0.15) is 38.3 Å². The van der Waals surface area contributed by atoms with E-state index in [2.05, 4.69) is 13.8 Å². The fourth-order valence-electron chi connectivity index (χ4n) is 2.67. The van der Waals surface area contributed by atoms with Crippen LogP contribution >= 0.6 is 0 Å². The molecule has 0 bridgehead atoms. The molecule has 0 amide bonds. The van der Waals surface area contributed by atoms with E-state index in [4.69, 9.17) is 5.73 Å². The van der Waals surface area contributed by atoms with E-state index in [-0.39, 0.29) is 5.41 Å². The van der Waals surface area contributed by atoms with Crippen LogP contribution in [0.5, 0.6) is 0 Å². The van der Waals surface area contributed by atoms with Gasteiger partial charge >= 0.3 is 0 Å². The first-order chi connectivity index (χ1) is 9.30. The molecule has 112 valence electrons. The second kappa shape index (κ2) is 5.47. The van der Waals surface area contributed by atoms with Gasteiger partial charge in [0.2, 0.25) is 10.0 Å². The molecule has 0 saturated carbocycles. The van der Waals surface area contributed by atoms with Crippen LogP contribution in [0.4, 0.5) is 0 Å². The van der Waals surface area contributed by atoms with Crippen molar-refractivity contribution in [2.45, 2.75) is 45.1 Å². The number of aryl methyl sites for hydroxylation is 1. The molecule has 4 nitrogen and oxygen atoms in total. The van der Waals surface area contributed by atoms with Crippen molar-refractivity contribution in [3.05, 3.63) is 29.3 Å². The van der Waals surface area contributed by atoms with E-state index >= 15 is 0 Å². The average Bonchev–Trinajstić information content (AvgIpc) is 2.79. The maximum atomic E-state index is 12.9. The number of nitrogens with zero attached hydrogens (tertiary/aromatic N) is 1. The summed E-state index contributed by atoms with van der Waals surface area (Å²) in [5.74, 6) is 0. The maximum absolute atomic E-state index is 12.9. The summed E-state index contributed by atoms with van der Waals surface area (Å²) in [6.45, 7) is 7.75. The summed E-state index contributed by atoms with van der Waals surface area (Å²) in [6.07, 6.45) is 1.61. The lowest BCUT2D eigenvalue weighted by Crippen LogP contribution is -2.31. The zero-order valence-electron chi connectivity index (χ0n) is 12.5. The fraction of sp³-hybridized carbons (Fsp3) is 0.600. The lowest BCUT2D eigenvalue weighted by Gasteiger charge is -2.21. The monoisotopic (exact) mass is 296 g/mol. The Hall–Kier alpha value is -0.910. The van der Waals surface area contributed by atoms with Crippen LogP contribution < -0.4 is 5.73 Å². The molecule has 0 spiro atoms. The first-order valence-electron chi connectivity index (χ1n) is 7.12. The topological polar surface area (TPSA) is 63.4 Å². The van der Waals surface area contributed by atoms with E-state index in [0.717, 1.165) is 17.5 Å². The Morgan fingerprint density at radius 1 is 1.35 bits per heavy atom. The van der Waals surface area contributed by atoms with Crippen molar-refractivity contribution >= 4 is 10.0 Å². The van der Waals surface area contributed by atoms with Crippen molar-refractivity contribution in [3.63, 3.8) is 0 Å². The summed E-state index contributed by atoms with van der Waals surface area (Å²) in [5.41, 5.74) is 7.43. The van der Waals surface area contributed by atoms with Crippen molar-refractivity contribution in [3.8, 4) is 0 Å². The standard InChI is InChI=1S/C15H24N2O2S/c1-4-13-6-5-12(10-16)9-14(13)20(18,19)17-8-7-15(2,3)11-17/h5-6,9H,4,7-8,10-11,16H2,1-3H3. The Bertz CT molecular complexity index is 594. The lowest BCUT2D eigenvalue weighted by atomic mass is 9.93. The van der Waals surface area contributed by atoms with E-state index in [1.807, 2.05) is 19.1 Å². The molecule has 0 unspecified atom stereocenters. The first kappa shape index (κ1) is 15.5. The Kier molecular flexibility index (Phi) is 4.23. The van der Waals surface area contributed by atoms with Gasteiger partial charge in [-0.3, -0.25) is 0 Å². The number of hydrogen-bond acceptors (Lipinski definition) is 3. The van der Waals surface area contributed by atoms with Crippen LogP contribution in [0.2, 0.25) is 0 Å². The first-order valence-corrected chi connectivity index (χ1v) is 8.56. The quantitative estimate of drug-likeness (QED) is 0.925. The highest BCUT2D eigenvalue weighted by molar-refractivity contribution is 7.89. The molecule has 1 fully saturated rings. The molecule has 1 heterocycles. The van der Waals surface area contributed by atoms with E-state index in [0.29, 0.717) is 31.0 Å². The predicted molar refractivity (Wildman–Crippen MR) is 80.9 cm³/mol. The van der Waals surface area contributed by atoms with Crippen LogP contribution in [0.15, 0.2) is 23.1 Å². The highest BCUT2D eigenvalue weighted by Gasteiger charge is 2.37. The Morgan fingerprint density at radius 3 is 2.55 bits per heavy atom. The summed E-state index contributed by atoms with van der Waals surface area (Å²) < 4.78 is 27.3. The third kappa shape index (κ3) is 2.90. The number of nitrogens with two attached hydrogens (primary N) is 1. The fourth-order valence-corrected chi connectivity index (χ4v) is 4.64. The van der Waals surface area contributed by atoms with Gasteiger partial charge in [0, 0.05) is 19.6 Å². The third-order valence-electron chi connectivity index (χ3n) is 4.01. The predicted octanol–water partition coefficient (Wildman–Crippen LogP) is 2.13. The molecule has 0 atom stereocenters. The molecule has 1 aliphatic rings. The molecule has 0 aliphatic carbocycles. The molecule has 1 aromatic rings. The molecule has 1 aliphatic heterocycles. The summed E-state index contributed by atoms with van der Waals surface area (Å²) in [6, 6.07) is 5.53. The number of sulfonamides is 1. The van der Waals surface area contributed by atoms with E-state index in [1.54, 1.807) is 10.4 Å². The van der Waals surface area contributed by atoms with Crippen molar-refractivity contribution in [2.24, 2.45) is 11.1 Å². The van der Waals surface area contributed by atoms with Gasteiger partial charge in [0.1, 0.15) is 0 Å². The zero-order chi connectivity index (χ0) is 15.0. The zero-order valence-corrected chi connectivity index (χ0v) is 13.3. The average molecular weight is 296 g/mol. The minimum Gasteiger partial charge on any atom is -0.326 e. The molecule has 2 N–H and O–H groups in total. The van der Waals surface area contributed by atoms with E-state index < -0.39 is 10.0 Å². The largest absolute Gasteiger partial charge is 0.326 e. The van der Waals surface area contributed by atoms with Gasteiger partial charge in [-0.25, -0.2) is 8.42 Å². The third-order valence-corrected chi connectivity index (χ3v) is 5.94. The molecule has 5 heteroatoms. The van der Waals surface area contributed by atoms with Gasteiger partial charge < -0.3 is 5.73 Å². The van der Waals surface area contributed by atoms with Crippen LogP contribution in [0.25, 0.3) is 0 Å². The van der Waals surface area contributed by atoms with Crippen LogP contribution in [0, 0.1) is 5.41 Å². The molecule has 1 saturated heterocycles. The number of rotatable bonds is 4. The molecule has 0 aromatic heterocycles. The van der Waals surface area contributed by atoms with E-state index in [1.165, 1.54) is 0 Å². The van der Waals surface area contributed by atoms with Gasteiger partial charge in [0.25, 0.3) is 0 Å². The van der Waals surface area contributed by atoms with E-state index in [9.17, 15) is 8.42 Å². The Balaban J connectivity index is 2.44. The normalized spacial score (nSPS) is 19.4.